The number of aryl methyl sites for hydroxylation is 3. The number of benzene rings is 3. The fourth-order valence-electron chi connectivity index (χ4n) is 2.60. The quantitative estimate of drug-likeness (QED) is 0.268. The van der Waals surface area contributed by atoms with E-state index in [4.69, 9.17) is 0 Å². The first-order valence-corrected chi connectivity index (χ1v) is 14.4. The summed E-state index contributed by atoms with van der Waals surface area (Å²) in [7, 11) is -6.67. The van der Waals surface area contributed by atoms with Gasteiger partial charge >= 0.3 is 34.7 Å². The summed E-state index contributed by atoms with van der Waals surface area (Å²) >= 11 is 0. The van der Waals surface area contributed by atoms with E-state index in [1.165, 1.54) is 0 Å². The minimum atomic E-state index is -2.22. The summed E-state index contributed by atoms with van der Waals surface area (Å²) in [4.78, 5) is 61.3. The molecule has 3 aromatic rings. The molecule has 0 aliphatic rings. The molecule has 0 bridgehead atoms. The van der Waals surface area contributed by atoms with Gasteiger partial charge in [-0.15, -0.1) is 0 Å². The van der Waals surface area contributed by atoms with Gasteiger partial charge in [0.25, 0.3) is 0 Å². The Morgan fingerprint density at radius 3 is 0.743 bits per heavy atom. The van der Waals surface area contributed by atoms with Gasteiger partial charge in [-0.25, -0.2) is 0 Å². The van der Waals surface area contributed by atoms with Crippen LogP contribution in [0.2, 0.25) is 0 Å². The van der Waals surface area contributed by atoms with Gasteiger partial charge in [0.1, 0.15) is 0 Å². The average molecular weight is 558 g/mol. The molecule has 11 heteroatoms. The Morgan fingerprint density at radius 2 is 0.571 bits per heavy atom. The molecular formula is C24H27Al2O6P3. The first-order valence-electron chi connectivity index (χ1n) is 10.3. The summed E-state index contributed by atoms with van der Waals surface area (Å²) in [5.41, 5.74) is 3.23. The van der Waals surface area contributed by atoms with Crippen molar-refractivity contribution in [2.45, 2.75) is 19.3 Å². The van der Waals surface area contributed by atoms with Crippen molar-refractivity contribution >= 4 is 59.8 Å². The maximum Gasteiger partial charge on any atom is 3.00 e. The standard InChI is InChI=1S/3C8H9O2P.2Al/c3*9-11(10)7-6-8-4-2-1-3-5-8;;/h3*1-5H,6-7H2;;/q3*-2;2*+3. The second-order valence-electron chi connectivity index (χ2n) is 6.88. The Hall–Kier alpha value is -0.225. The van der Waals surface area contributed by atoms with Gasteiger partial charge in [0, 0.05) is 0 Å². The summed E-state index contributed by atoms with van der Waals surface area (Å²) in [6, 6.07) is 28.8. The predicted octanol–water partition coefficient (Wildman–Crippen LogP) is 0.0232. The molecule has 3 rings (SSSR count). The molecule has 0 N–H and O–H groups in total. The number of rotatable bonds is 9. The van der Waals surface area contributed by atoms with Crippen LogP contribution in [0.15, 0.2) is 91.0 Å². The van der Waals surface area contributed by atoms with Gasteiger partial charge in [0.05, 0.1) is 0 Å². The fourth-order valence-corrected chi connectivity index (χ4v) is 3.92. The minimum absolute atomic E-state index is 0. The minimum Gasteiger partial charge on any atom is -0.842 e. The zero-order valence-corrected chi connectivity index (χ0v) is 24.3. The van der Waals surface area contributed by atoms with Crippen molar-refractivity contribution in [2.24, 2.45) is 0 Å². The molecule has 0 spiro atoms. The fraction of sp³-hybridized carbons (Fsp3) is 0.250. The van der Waals surface area contributed by atoms with E-state index in [9.17, 15) is 29.4 Å². The van der Waals surface area contributed by atoms with Crippen LogP contribution in [0.5, 0.6) is 0 Å². The van der Waals surface area contributed by atoms with Crippen LogP contribution in [0.3, 0.4) is 0 Å². The first-order chi connectivity index (χ1) is 15.9. The Labute approximate surface area is 233 Å². The molecule has 0 unspecified atom stereocenters. The van der Waals surface area contributed by atoms with E-state index in [0.717, 1.165) is 16.7 Å². The van der Waals surface area contributed by atoms with E-state index in [-0.39, 0.29) is 53.2 Å². The van der Waals surface area contributed by atoms with Crippen molar-refractivity contribution in [3.8, 4) is 0 Å². The number of hydrogen-bond donors (Lipinski definition) is 0. The van der Waals surface area contributed by atoms with Crippen LogP contribution in [0.25, 0.3) is 0 Å². The second-order valence-corrected chi connectivity index (χ2v) is 10.2. The Kier molecular flexibility index (Phi) is 25.5. The smallest absolute Gasteiger partial charge is 0.842 e. The summed E-state index contributed by atoms with van der Waals surface area (Å²) in [6.07, 6.45) is 2.62. The molecular weight excluding hydrogens is 531 g/mol. The molecule has 0 radical (unpaired) electrons. The van der Waals surface area contributed by atoms with E-state index in [0.29, 0.717) is 19.3 Å². The van der Waals surface area contributed by atoms with Crippen molar-refractivity contribution in [3.05, 3.63) is 108 Å². The maximum atomic E-state index is 10.2. The van der Waals surface area contributed by atoms with E-state index < -0.39 is 25.1 Å². The van der Waals surface area contributed by atoms with Gasteiger partial charge in [-0.1, -0.05) is 109 Å². The van der Waals surface area contributed by atoms with Crippen LogP contribution >= 0.6 is 25.1 Å². The van der Waals surface area contributed by atoms with Crippen molar-refractivity contribution in [1.82, 2.24) is 0 Å². The second kappa shape index (κ2) is 24.1. The molecule has 0 aliphatic carbocycles. The summed E-state index contributed by atoms with van der Waals surface area (Å²) in [5, 5.41) is 0. The molecule has 0 atom stereocenters. The summed E-state index contributed by atoms with van der Waals surface area (Å²) in [5.74, 6) is 0. The van der Waals surface area contributed by atoms with E-state index >= 15 is 0 Å². The van der Waals surface area contributed by atoms with Crippen LogP contribution in [0.1, 0.15) is 16.7 Å². The molecule has 0 aliphatic heterocycles. The molecule has 0 amide bonds. The molecule has 180 valence electrons. The van der Waals surface area contributed by atoms with Crippen molar-refractivity contribution in [2.75, 3.05) is 18.5 Å². The molecule has 6 nitrogen and oxygen atoms in total. The predicted molar refractivity (Wildman–Crippen MR) is 137 cm³/mol. The average Bonchev–Trinajstić information content (AvgIpc) is 2.83. The molecule has 35 heavy (non-hydrogen) atoms. The van der Waals surface area contributed by atoms with Crippen LogP contribution in [-0.2, 0) is 19.3 Å². The van der Waals surface area contributed by atoms with E-state index in [1.54, 1.807) is 0 Å². The Morgan fingerprint density at radius 1 is 0.371 bits per heavy atom. The third kappa shape index (κ3) is 22.7. The van der Waals surface area contributed by atoms with E-state index in [1.807, 2.05) is 91.0 Å². The van der Waals surface area contributed by atoms with Gasteiger partial charge in [-0.2, -0.15) is 0 Å². The van der Waals surface area contributed by atoms with Gasteiger partial charge in [0.2, 0.25) is 0 Å². The topological polar surface area (TPSA) is 138 Å². The normalized spacial score (nSPS) is 9.86. The van der Waals surface area contributed by atoms with Crippen molar-refractivity contribution in [1.29, 1.82) is 0 Å². The van der Waals surface area contributed by atoms with Crippen molar-refractivity contribution < 1.29 is 29.4 Å². The van der Waals surface area contributed by atoms with Crippen LogP contribution in [0.4, 0.5) is 0 Å². The zero-order valence-electron chi connectivity index (χ0n) is 19.3. The van der Waals surface area contributed by atoms with Crippen LogP contribution in [0, 0.1) is 0 Å². The SMILES string of the molecule is [Al+3].[Al+3].[O-]P([O-])CCc1ccccc1.[O-]P([O-])CCc1ccccc1.[O-]P([O-])CCc1ccccc1. The first kappa shape index (κ1) is 36.9. The van der Waals surface area contributed by atoms with Gasteiger partial charge in [-0.3, -0.25) is 0 Å². The van der Waals surface area contributed by atoms with Gasteiger partial charge < -0.3 is 54.5 Å². The van der Waals surface area contributed by atoms with Crippen molar-refractivity contribution in [3.63, 3.8) is 0 Å². The van der Waals surface area contributed by atoms with Gasteiger partial charge in [0.15, 0.2) is 0 Å². The third-order valence-electron chi connectivity index (χ3n) is 4.28. The molecule has 0 fully saturated rings. The Bertz CT molecular complexity index is 720. The third-order valence-corrected chi connectivity index (χ3v) is 6.04. The maximum absolute atomic E-state index is 10.2. The largest absolute Gasteiger partial charge is 3.00 e. The van der Waals surface area contributed by atoms with Gasteiger partial charge in [-0.05, 0) is 36.0 Å². The number of hydrogen-bond acceptors (Lipinski definition) is 6. The van der Waals surface area contributed by atoms with Crippen LogP contribution in [-0.4, -0.2) is 53.2 Å². The molecule has 0 aromatic heterocycles. The molecule has 3 aromatic carbocycles. The Balaban J connectivity index is 0. The molecule has 0 saturated heterocycles. The summed E-state index contributed by atoms with van der Waals surface area (Å²) in [6.45, 7) is 0. The summed E-state index contributed by atoms with van der Waals surface area (Å²) < 4.78 is 0. The molecule has 0 heterocycles. The van der Waals surface area contributed by atoms with Crippen LogP contribution < -0.4 is 29.4 Å². The van der Waals surface area contributed by atoms with E-state index in [2.05, 4.69) is 0 Å². The monoisotopic (exact) mass is 558 g/mol. The zero-order chi connectivity index (χ0) is 24.3. The molecule has 0 saturated carbocycles.